The van der Waals surface area contributed by atoms with Crippen molar-refractivity contribution in [2.45, 2.75) is 6.61 Å². The third-order valence-electron chi connectivity index (χ3n) is 4.80. The number of nitrogens with one attached hydrogen (secondary N) is 1. The average Bonchev–Trinajstić information content (AvgIpc) is 2.81. The molecule has 4 aromatic carbocycles. The van der Waals surface area contributed by atoms with Gasteiger partial charge in [0.25, 0.3) is 5.91 Å². The molecule has 0 aliphatic heterocycles. The summed E-state index contributed by atoms with van der Waals surface area (Å²) in [5.74, 6) is 0.224. The lowest BCUT2D eigenvalue weighted by molar-refractivity contribution is 0.0955. The summed E-state index contributed by atoms with van der Waals surface area (Å²) in [7, 11) is 0. The lowest BCUT2D eigenvalue weighted by atomic mass is 10.0. The fraction of sp³-hybridized carbons (Fsp3) is 0.0400. The van der Waals surface area contributed by atoms with Gasteiger partial charge in [-0.1, -0.05) is 59.6 Å². The van der Waals surface area contributed by atoms with Crippen LogP contribution in [0.2, 0.25) is 10.0 Å². The van der Waals surface area contributed by atoms with Gasteiger partial charge < -0.3 is 9.84 Å². The van der Waals surface area contributed by atoms with E-state index in [0.717, 1.165) is 27.6 Å². The number of halogens is 2. The third-order valence-corrected chi connectivity index (χ3v) is 5.36. The Kier molecular flexibility index (Phi) is 6.59. The zero-order valence-corrected chi connectivity index (χ0v) is 18.3. The molecule has 0 aromatic heterocycles. The Morgan fingerprint density at radius 3 is 2.47 bits per heavy atom. The second-order valence-electron chi connectivity index (χ2n) is 6.98. The molecule has 1 amide bonds. The summed E-state index contributed by atoms with van der Waals surface area (Å²) in [5.41, 5.74) is 4.60. The van der Waals surface area contributed by atoms with Crippen LogP contribution in [0.1, 0.15) is 21.5 Å². The molecule has 0 spiro atoms. The summed E-state index contributed by atoms with van der Waals surface area (Å²) in [6.45, 7) is 0.417. The maximum atomic E-state index is 12.3. The summed E-state index contributed by atoms with van der Waals surface area (Å²) < 4.78 is 6.03. The van der Waals surface area contributed by atoms with Gasteiger partial charge in [-0.05, 0) is 53.4 Å². The standard InChI is InChI=1S/C25H18Cl2N2O3/c26-19-9-5-16(6-10-19)15-32-24-12-8-18(20-3-1-2-4-21(20)24)14-28-29-25(31)17-7-11-23(30)22(27)13-17/h1-14,30H,15H2,(H,29,31). The Hall–Kier alpha value is -3.54. The Labute approximate surface area is 194 Å². The minimum atomic E-state index is -0.435. The molecule has 2 N–H and O–H groups in total. The number of benzene rings is 4. The average molecular weight is 465 g/mol. The molecule has 0 saturated heterocycles. The SMILES string of the molecule is O=C(NN=Cc1ccc(OCc2ccc(Cl)cc2)c2ccccc12)c1ccc(O)c(Cl)c1. The van der Waals surface area contributed by atoms with Gasteiger partial charge in [-0.25, -0.2) is 5.43 Å². The van der Waals surface area contributed by atoms with Crippen molar-refractivity contribution < 1.29 is 14.6 Å². The molecule has 0 bridgehead atoms. The molecule has 0 atom stereocenters. The van der Waals surface area contributed by atoms with Crippen LogP contribution in [0, 0.1) is 0 Å². The topological polar surface area (TPSA) is 70.9 Å². The summed E-state index contributed by atoms with van der Waals surface area (Å²) in [6.07, 6.45) is 1.57. The van der Waals surface area contributed by atoms with Crippen LogP contribution in [-0.4, -0.2) is 17.2 Å². The molecule has 4 rings (SSSR count). The number of aromatic hydroxyl groups is 1. The number of carbonyl (C=O) groups is 1. The highest BCUT2D eigenvalue weighted by atomic mass is 35.5. The number of amides is 1. The van der Waals surface area contributed by atoms with Gasteiger partial charge in [0, 0.05) is 21.5 Å². The molecule has 7 heteroatoms. The predicted octanol–water partition coefficient (Wildman–Crippen LogP) is 6.20. The van der Waals surface area contributed by atoms with Crippen LogP contribution >= 0.6 is 23.2 Å². The van der Waals surface area contributed by atoms with E-state index in [4.69, 9.17) is 27.9 Å². The lowest BCUT2D eigenvalue weighted by Gasteiger charge is -2.11. The van der Waals surface area contributed by atoms with E-state index in [0.29, 0.717) is 17.2 Å². The Morgan fingerprint density at radius 1 is 0.969 bits per heavy atom. The molecule has 32 heavy (non-hydrogen) atoms. The molecule has 0 fully saturated rings. The number of rotatable bonds is 6. The Bertz CT molecular complexity index is 1300. The molecule has 4 aromatic rings. The summed E-state index contributed by atoms with van der Waals surface area (Å²) in [5, 5.41) is 16.2. The molecule has 160 valence electrons. The summed E-state index contributed by atoms with van der Waals surface area (Å²) in [6, 6.07) is 23.3. The van der Waals surface area contributed by atoms with Crippen molar-refractivity contribution in [1.29, 1.82) is 0 Å². The second kappa shape index (κ2) is 9.73. The monoisotopic (exact) mass is 464 g/mol. The van der Waals surface area contributed by atoms with Gasteiger partial charge >= 0.3 is 0 Å². The van der Waals surface area contributed by atoms with Gasteiger partial charge in [0.15, 0.2) is 0 Å². The highest BCUT2D eigenvalue weighted by Crippen LogP contribution is 2.29. The van der Waals surface area contributed by atoms with Crippen molar-refractivity contribution >= 4 is 46.1 Å². The third kappa shape index (κ3) is 5.02. The van der Waals surface area contributed by atoms with Crippen molar-refractivity contribution in [3.8, 4) is 11.5 Å². The number of hydrogen-bond donors (Lipinski definition) is 2. The van der Waals surface area contributed by atoms with Crippen molar-refractivity contribution in [3.63, 3.8) is 0 Å². The van der Waals surface area contributed by atoms with E-state index in [2.05, 4.69) is 10.5 Å². The van der Waals surface area contributed by atoms with Crippen molar-refractivity contribution in [2.24, 2.45) is 5.10 Å². The van der Waals surface area contributed by atoms with Gasteiger partial charge in [-0.3, -0.25) is 4.79 Å². The first-order chi connectivity index (χ1) is 15.5. The normalized spacial score (nSPS) is 11.1. The Morgan fingerprint density at radius 2 is 1.72 bits per heavy atom. The molecule has 0 radical (unpaired) electrons. The highest BCUT2D eigenvalue weighted by Gasteiger charge is 2.09. The molecule has 0 heterocycles. The number of hydrogen-bond acceptors (Lipinski definition) is 4. The van der Waals surface area contributed by atoms with Gasteiger partial charge in [-0.2, -0.15) is 5.10 Å². The molecular weight excluding hydrogens is 447 g/mol. The van der Waals surface area contributed by atoms with E-state index in [1.54, 1.807) is 6.21 Å². The second-order valence-corrected chi connectivity index (χ2v) is 7.82. The fourth-order valence-electron chi connectivity index (χ4n) is 3.15. The molecular formula is C25H18Cl2N2O3. The zero-order valence-electron chi connectivity index (χ0n) is 16.8. The van der Waals surface area contributed by atoms with Gasteiger partial charge in [-0.15, -0.1) is 0 Å². The van der Waals surface area contributed by atoms with Crippen LogP contribution in [0.15, 0.2) is 84.0 Å². The van der Waals surface area contributed by atoms with Crippen LogP contribution in [-0.2, 0) is 6.61 Å². The molecule has 0 aliphatic rings. The van der Waals surface area contributed by atoms with Crippen molar-refractivity contribution in [2.75, 3.05) is 0 Å². The van der Waals surface area contributed by atoms with E-state index in [9.17, 15) is 9.90 Å². The van der Waals surface area contributed by atoms with Crippen molar-refractivity contribution in [1.82, 2.24) is 5.43 Å². The lowest BCUT2D eigenvalue weighted by Crippen LogP contribution is -2.17. The quantitative estimate of drug-likeness (QED) is 0.263. The van der Waals surface area contributed by atoms with Crippen LogP contribution in [0.5, 0.6) is 11.5 Å². The molecule has 5 nitrogen and oxygen atoms in total. The molecule has 0 unspecified atom stereocenters. The fourth-order valence-corrected chi connectivity index (χ4v) is 3.45. The maximum Gasteiger partial charge on any atom is 0.271 e. The first-order valence-electron chi connectivity index (χ1n) is 9.72. The Balaban J connectivity index is 1.50. The number of phenolic OH excluding ortho intramolecular Hbond substituents is 1. The maximum absolute atomic E-state index is 12.3. The van der Waals surface area contributed by atoms with E-state index >= 15 is 0 Å². The number of carbonyl (C=O) groups excluding carboxylic acids is 1. The summed E-state index contributed by atoms with van der Waals surface area (Å²) in [4.78, 5) is 12.3. The van der Waals surface area contributed by atoms with Gasteiger partial charge in [0.2, 0.25) is 0 Å². The van der Waals surface area contributed by atoms with Gasteiger partial charge in [0.1, 0.15) is 18.1 Å². The first-order valence-corrected chi connectivity index (χ1v) is 10.5. The van der Waals surface area contributed by atoms with E-state index < -0.39 is 5.91 Å². The minimum Gasteiger partial charge on any atom is -0.506 e. The van der Waals surface area contributed by atoms with E-state index in [1.807, 2.05) is 60.7 Å². The number of fused-ring (bicyclic) bond motifs is 1. The highest BCUT2D eigenvalue weighted by molar-refractivity contribution is 6.32. The van der Waals surface area contributed by atoms with Crippen LogP contribution < -0.4 is 10.2 Å². The van der Waals surface area contributed by atoms with E-state index in [1.165, 1.54) is 18.2 Å². The molecule has 0 aliphatic carbocycles. The largest absolute Gasteiger partial charge is 0.506 e. The first kappa shape index (κ1) is 21.7. The van der Waals surface area contributed by atoms with Crippen LogP contribution in [0.25, 0.3) is 10.8 Å². The summed E-state index contributed by atoms with van der Waals surface area (Å²) >= 11 is 11.8. The number of hydrazone groups is 1. The van der Waals surface area contributed by atoms with Gasteiger partial charge in [0.05, 0.1) is 11.2 Å². The smallest absolute Gasteiger partial charge is 0.271 e. The number of ether oxygens (including phenoxy) is 1. The van der Waals surface area contributed by atoms with Crippen LogP contribution in [0.3, 0.4) is 0 Å². The minimum absolute atomic E-state index is 0.0865. The van der Waals surface area contributed by atoms with Crippen molar-refractivity contribution in [3.05, 3.63) is 106 Å². The zero-order chi connectivity index (χ0) is 22.5. The van der Waals surface area contributed by atoms with E-state index in [-0.39, 0.29) is 10.8 Å². The molecule has 0 saturated carbocycles. The number of nitrogens with zero attached hydrogens (tertiary/aromatic N) is 1. The number of phenols is 1. The predicted molar refractivity (Wildman–Crippen MR) is 128 cm³/mol. The van der Waals surface area contributed by atoms with Crippen LogP contribution in [0.4, 0.5) is 0 Å².